The smallest absolute Gasteiger partial charge is 0.399 e. The van der Waals surface area contributed by atoms with Crippen molar-refractivity contribution in [1.29, 1.82) is 5.26 Å². The van der Waals surface area contributed by atoms with Crippen molar-refractivity contribution in [2.75, 3.05) is 12.4 Å². The minimum absolute atomic E-state index is 0.375. The molecule has 19 heavy (non-hydrogen) atoms. The quantitative estimate of drug-likeness (QED) is 0.823. The van der Waals surface area contributed by atoms with E-state index < -0.39 is 7.12 Å². The number of hydrogen-bond acceptors (Lipinski definition) is 4. The van der Waals surface area contributed by atoms with Crippen LogP contribution in [0.15, 0.2) is 18.2 Å². The molecule has 0 aromatic heterocycles. The first-order chi connectivity index (χ1) is 8.79. The van der Waals surface area contributed by atoms with Crippen molar-refractivity contribution in [2.45, 2.75) is 38.9 Å². The van der Waals surface area contributed by atoms with Gasteiger partial charge in [0.15, 0.2) is 0 Å². The molecule has 1 aliphatic rings. The molecule has 0 spiro atoms. The van der Waals surface area contributed by atoms with Gasteiger partial charge in [-0.3, -0.25) is 0 Å². The van der Waals surface area contributed by atoms with Crippen molar-refractivity contribution in [3.8, 4) is 6.07 Å². The lowest BCUT2D eigenvalue weighted by molar-refractivity contribution is 0.00578. The van der Waals surface area contributed by atoms with Crippen LogP contribution in [0, 0.1) is 11.3 Å². The van der Waals surface area contributed by atoms with Crippen LogP contribution in [0.5, 0.6) is 0 Å². The van der Waals surface area contributed by atoms with Crippen molar-refractivity contribution in [1.82, 2.24) is 0 Å². The molecule has 1 fully saturated rings. The Hall–Kier alpha value is -1.51. The predicted molar refractivity (Wildman–Crippen MR) is 76.4 cm³/mol. The third-order valence-electron chi connectivity index (χ3n) is 3.90. The SMILES string of the molecule is CNc1cc(C#N)cc(B2OC(C)(C)C(C)(C)O2)c1. The summed E-state index contributed by atoms with van der Waals surface area (Å²) in [5, 5.41) is 12.1. The van der Waals surface area contributed by atoms with Gasteiger partial charge in [0.05, 0.1) is 22.8 Å². The van der Waals surface area contributed by atoms with E-state index in [0.717, 1.165) is 11.2 Å². The van der Waals surface area contributed by atoms with Gasteiger partial charge in [-0.05, 0) is 51.4 Å². The highest BCUT2D eigenvalue weighted by atomic mass is 16.7. The van der Waals surface area contributed by atoms with Gasteiger partial charge >= 0.3 is 7.12 Å². The minimum atomic E-state index is -0.439. The molecule has 1 aliphatic heterocycles. The molecule has 2 rings (SSSR count). The summed E-state index contributed by atoms with van der Waals surface area (Å²) in [6.07, 6.45) is 0. The fourth-order valence-electron chi connectivity index (χ4n) is 1.98. The number of rotatable bonds is 2. The highest BCUT2D eigenvalue weighted by molar-refractivity contribution is 6.62. The maximum Gasteiger partial charge on any atom is 0.494 e. The van der Waals surface area contributed by atoms with Crippen LogP contribution in [-0.2, 0) is 9.31 Å². The molecule has 0 bridgehead atoms. The first kappa shape index (κ1) is 13.9. The Morgan fingerprint density at radius 1 is 1.11 bits per heavy atom. The van der Waals surface area contributed by atoms with Gasteiger partial charge in [0.1, 0.15) is 0 Å². The van der Waals surface area contributed by atoms with Gasteiger partial charge in [0.2, 0.25) is 0 Å². The molecule has 1 aromatic rings. The van der Waals surface area contributed by atoms with E-state index in [1.54, 1.807) is 6.07 Å². The number of hydrogen-bond donors (Lipinski definition) is 1. The lowest BCUT2D eigenvalue weighted by Crippen LogP contribution is -2.41. The van der Waals surface area contributed by atoms with Crippen LogP contribution in [0.3, 0.4) is 0 Å². The second kappa shape index (κ2) is 4.55. The zero-order valence-corrected chi connectivity index (χ0v) is 12.1. The van der Waals surface area contributed by atoms with Crippen LogP contribution >= 0.6 is 0 Å². The van der Waals surface area contributed by atoms with Crippen LogP contribution in [0.1, 0.15) is 33.3 Å². The van der Waals surface area contributed by atoms with E-state index in [4.69, 9.17) is 14.6 Å². The van der Waals surface area contributed by atoms with Gasteiger partial charge in [0, 0.05) is 12.7 Å². The largest absolute Gasteiger partial charge is 0.494 e. The fraction of sp³-hybridized carbons (Fsp3) is 0.500. The Morgan fingerprint density at radius 2 is 1.68 bits per heavy atom. The van der Waals surface area contributed by atoms with Gasteiger partial charge in [-0.25, -0.2) is 0 Å². The maximum absolute atomic E-state index is 9.07. The molecule has 0 atom stereocenters. The van der Waals surface area contributed by atoms with Crippen molar-refractivity contribution in [3.05, 3.63) is 23.8 Å². The van der Waals surface area contributed by atoms with Gasteiger partial charge in [-0.15, -0.1) is 0 Å². The standard InChI is InChI=1S/C14H19BN2O2/c1-13(2)14(3,4)19-15(18-13)11-6-10(9-16)7-12(8-11)17-5/h6-8,17H,1-5H3. The van der Waals surface area contributed by atoms with E-state index in [-0.39, 0.29) is 11.2 Å². The second-order valence-electron chi connectivity index (χ2n) is 5.79. The summed E-state index contributed by atoms with van der Waals surface area (Å²) in [5.74, 6) is 0. The topological polar surface area (TPSA) is 54.3 Å². The van der Waals surface area contributed by atoms with E-state index >= 15 is 0 Å². The Morgan fingerprint density at radius 3 is 2.16 bits per heavy atom. The van der Waals surface area contributed by atoms with E-state index in [1.165, 1.54) is 0 Å². The molecular formula is C14H19BN2O2. The van der Waals surface area contributed by atoms with Gasteiger partial charge < -0.3 is 14.6 Å². The molecule has 4 nitrogen and oxygen atoms in total. The fourth-order valence-corrected chi connectivity index (χ4v) is 1.98. The van der Waals surface area contributed by atoms with E-state index in [1.807, 2.05) is 46.9 Å². The molecular weight excluding hydrogens is 239 g/mol. The van der Waals surface area contributed by atoms with E-state index in [2.05, 4.69) is 11.4 Å². The third kappa shape index (κ3) is 2.47. The van der Waals surface area contributed by atoms with Gasteiger partial charge in [-0.2, -0.15) is 5.26 Å². The summed E-state index contributed by atoms with van der Waals surface area (Å²) in [7, 11) is 1.38. The second-order valence-corrected chi connectivity index (χ2v) is 5.79. The predicted octanol–water partition coefficient (Wildman–Crippen LogP) is 1.90. The number of benzene rings is 1. The molecule has 1 aromatic carbocycles. The zero-order chi connectivity index (χ0) is 14.3. The molecule has 0 saturated carbocycles. The number of nitriles is 1. The lowest BCUT2D eigenvalue weighted by atomic mass is 9.78. The summed E-state index contributed by atoms with van der Waals surface area (Å²) < 4.78 is 12.0. The molecule has 0 radical (unpaired) electrons. The molecule has 1 N–H and O–H groups in total. The highest BCUT2D eigenvalue weighted by Crippen LogP contribution is 2.36. The Labute approximate surface area is 114 Å². The van der Waals surface area contributed by atoms with Crippen molar-refractivity contribution in [2.24, 2.45) is 0 Å². The van der Waals surface area contributed by atoms with Gasteiger partial charge in [0.25, 0.3) is 0 Å². The van der Waals surface area contributed by atoms with Crippen molar-refractivity contribution in [3.63, 3.8) is 0 Å². The summed E-state index contributed by atoms with van der Waals surface area (Å²) in [6.45, 7) is 8.06. The summed E-state index contributed by atoms with van der Waals surface area (Å²) in [4.78, 5) is 0. The Bertz CT molecular complexity index is 519. The maximum atomic E-state index is 9.07. The molecule has 1 saturated heterocycles. The van der Waals surface area contributed by atoms with E-state index in [0.29, 0.717) is 5.56 Å². The lowest BCUT2D eigenvalue weighted by Gasteiger charge is -2.32. The first-order valence-electron chi connectivity index (χ1n) is 6.37. The van der Waals surface area contributed by atoms with Crippen LogP contribution in [-0.4, -0.2) is 25.4 Å². The van der Waals surface area contributed by atoms with Crippen molar-refractivity contribution >= 4 is 18.3 Å². The third-order valence-corrected chi connectivity index (χ3v) is 3.90. The average Bonchev–Trinajstić information content (AvgIpc) is 2.58. The molecule has 0 amide bonds. The average molecular weight is 258 g/mol. The van der Waals surface area contributed by atoms with Crippen molar-refractivity contribution < 1.29 is 9.31 Å². The highest BCUT2D eigenvalue weighted by Gasteiger charge is 2.51. The number of anilines is 1. The monoisotopic (exact) mass is 258 g/mol. The molecule has 0 unspecified atom stereocenters. The van der Waals surface area contributed by atoms with Crippen LogP contribution in [0.4, 0.5) is 5.69 Å². The summed E-state index contributed by atoms with van der Waals surface area (Å²) in [5.41, 5.74) is 1.59. The Balaban J connectivity index is 2.37. The van der Waals surface area contributed by atoms with Crippen LogP contribution in [0.25, 0.3) is 0 Å². The van der Waals surface area contributed by atoms with Gasteiger partial charge in [-0.1, -0.05) is 0 Å². The Kier molecular flexibility index (Phi) is 3.33. The van der Waals surface area contributed by atoms with Crippen LogP contribution in [0.2, 0.25) is 0 Å². The zero-order valence-electron chi connectivity index (χ0n) is 12.1. The van der Waals surface area contributed by atoms with Crippen LogP contribution < -0.4 is 10.8 Å². The first-order valence-corrected chi connectivity index (χ1v) is 6.37. The molecule has 1 heterocycles. The number of nitrogens with one attached hydrogen (secondary N) is 1. The normalized spacial score (nSPS) is 20.1. The molecule has 0 aliphatic carbocycles. The summed E-state index contributed by atoms with van der Waals surface area (Å²) >= 11 is 0. The number of nitrogens with zero attached hydrogens (tertiary/aromatic N) is 1. The molecule has 5 heteroatoms. The minimum Gasteiger partial charge on any atom is -0.399 e. The van der Waals surface area contributed by atoms with E-state index in [9.17, 15) is 0 Å². The molecule has 100 valence electrons. The summed E-state index contributed by atoms with van der Waals surface area (Å²) in [6, 6.07) is 7.71.